The molecule has 0 unspecified atom stereocenters. The molecule has 30 heavy (non-hydrogen) atoms. The van der Waals surface area contributed by atoms with Crippen LogP contribution in [-0.2, 0) is 20.6 Å². The highest BCUT2D eigenvalue weighted by Crippen LogP contribution is 2.40. The van der Waals surface area contributed by atoms with E-state index in [0.717, 1.165) is 33.5 Å². The van der Waals surface area contributed by atoms with Crippen molar-refractivity contribution < 1.29 is 4.74 Å². The third-order valence-corrected chi connectivity index (χ3v) is 4.74. The van der Waals surface area contributed by atoms with Gasteiger partial charge in [0.25, 0.3) is 0 Å². The van der Waals surface area contributed by atoms with E-state index in [4.69, 9.17) is 14.8 Å². The summed E-state index contributed by atoms with van der Waals surface area (Å²) in [5, 5.41) is 21.5. The number of aryl methyl sites for hydroxylation is 2. The van der Waals surface area contributed by atoms with Gasteiger partial charge in [-0.15, -0.1) is 10.2 Å². The molecule has 0 spiro atoms. The number of nitrogens with one attached hydrogen (secondary N) is 1. The molecule has 0 saturated carbocycles. The highest BCUT2D eigenvalue weighted by molar-refractivity contribution is 6.00. The zero-order valence-corrected chi connectivity index (χ0v) is 17.8. The van der Waals surface area contributed by atoms with Crippen molar-refractivity contribution in [2.75, 3.05) is 11.9 Å². The van der Waals surface area contributed by atoms with E-state index in [0.29, 0.717) is 24.9 Å². The van der Waals surface area contributed by atoms with Crippen LogP contribution in [0.2, 0.25) is 0 Å². The van der Waals surface area contributed by atoms with Gasteiger partial charge in [-0.2, -0.15) is 9.90 Å². The van der Waals surface area contributed by atoms with Crippen LogP contribution in [0.15, 0.2) is 24.5 Å². The molecule has 0 saturated heterocycles. The van der Waals surface area contributed by atoms with Crippen LogP contribution in [0.4, 0.5) is 5.69 Å². The van der Waals surface area contributed by atoms with Crippen molar-refractivity contribution in [2.24, 2.45) is 14.1 Å². The van der Waals surface area contributed by atoms with E-state index in [1.165, 1.54) is 4.80 Å². The Morgan fingerprint density at radius 3 is 2.67 bits per heavy atom. The summed E-state index contributed by atoms with van der Waals surface area (Å²) in [6.07, 6.45) is 3.56. The first kappa shape index (κ1) is 19.7. The Hall–Kier alpha value is -3.56. The van der Waals surface area contributed by atoms with Gasteiger partial charge >= 0.3 is 0 Å². The van der Waals surface area contributed by atoms with Gasteiger partial charge < -0.3 is 10.1 Å². The normalized spacial score (nSPS) is 11.4. The first-order valence-electron chi connectivity index (χ1n) is 9.90. The number of aromatic nitrogens is 8. The van der Waals surface area contributed by atoms with Crippen molar-refractivity contribution in [1.82, 2.24) is 40.0 Å². The molecule has 0 aliphatic carbocycles. The van der Waals surface area contributed by atoms with Gasteiger partial charge in [-0.1, -0.05) is 13.8 Å². The summed E-state index contributed by atoms with van der Waals surface area (Å²) in [7, 11) is 3.65. The molecule has 4 aromatic heterocycles. The average Bonchev–Trinajstić information content (AvgIpc) is 3.30. The van der Waals surface area contributed by atoms with Crippen LogP contribution in [0.1, 0.15) is 38.2 Å². The number of ether oxygens (including phenoxy) is 1. The maximum absolute atomic E-state index is 5.78. The van der Waals surface area contributed by atoms with Crippen LogP contribution >= 0.6 is 0 Å². The lowest BCUT2D eigenvalue weighted by Gasteiger charge is -2.16. The molecule has 1 N–H and O–H groups in total. The molecule has 4 aromatic rings. The highest BCUT2D eigenvalue weighted by Gasteiger charge is 2.22. The van der Waals surface area contributed by atoms with Crippen molar-refractivity contribution in [3.05, 3.63) is 36.0 Å². The summed E-state index contributed by atoms with van der Waals surface area (Å²) in [5.41, 5.74) is 4.43. The van der Waals surface area contributed by atoms with Gasteiger partial charge in [0.2, 0.25) is 5.88 Å². The van der Waals surface area contributed by atoms with Crippen molar-refractivity contribution in [3.8, 4) is 17.0 Å². The summed E-state index contributed by atoms with van der Waals surface area (Å²) in [4.78, 5) is 10.6. The van der Waals surface area contributed by atoms with Crippen LogP contribution in [0.3, 0.4) is 0 Å². The molecule has 156 valence electrons. The molecule has 4 heterocycles. The van der Waals surface area contributed by atoms with E-state index < -0.39 is 0 Å². The molecule has 10 nitrogen and oxygen atoms in total. The molecule has 0 bridgehead atoms. The molecule has 0 aliphatic rings. The Kier molecular flexibility index (Phi) is 5.30. The van der Waals surface area contributed by atoms with Crippen molar-refractivity contribution >= 4 is 16.7 Å². The number of tetrazole rings is 1. The number of nitrogens with zero attached hydrogens (tertiary/aromatic N) is 8. The maximum atomic E-state index is 5.78. The third-order valence-electron chi connectivity index (χ3n) is 4.74. The Labute approximate surface area is 174 Å². The van der Waals surface area contributed by atoms with Crippen LogP contribution in [0, 0.1) is 0 Å². The molecule has 0 amide bonds. The summed E-state index contributed by atoms with van der Waals surface area (Å²) in [6, 6.07) is 3.88. The molecule has 4 rings (SSSR count). The maximum Gasteiger partial charge on any atom is 0.221 e. The predicted molar refractivity (Wildman–Crippen MR) is 113 cm³/mol. The highest BCUT2D eigenvalue weighted by atomic mass is 16.5. The number of rotatable bonds is 7. The lowest BCUT2D eigenvalue weighted by Crippen LogP contribution is -2.06. The van der Waals surface area contributed by atoms with Crippen LogP contribution in [-0.4, -0.2) is 46.6 Å². The second kappa shape index (κ2) is 8.05. The first-order chi connectivity index (χ1) is 14.5. The summed E-state index contributed by atoms with van der Waals surface area (Å²) >= 11 is 0. The fourth-order valence-electron chi connectivity index (χ4n) is 3.45. The van der Waals surface area contributed by atoms with Gasteiger partial charge in [0, 0.05) is 30.6 Å². The monoisotopic (exact) mass is 407 g/mol. The van der Waals surface area contributed by atoms with Gasteiger partial charge in [0.05, 0.1) is 37.0 Å². The van der Waals surface area contributed by atoms with Crippen molar-refractivity contribution in [3.63, 3.8) is 0 Å². The zero-order chi connectivity index (χ0) is 21.3. The van der Waals surface area contributed by atoms with Gasteiger partial charge in [0.1, 0.15) is 0 Å². The predicted octanol–water partition coefficient (Wildman–Crippen LogP) is 2.69. The summed E-state index contributed by atoms with van der Waals surface area (Å²) < 4.78 is 7.59. The zero-order valence-electron chi connectivity index (χ0n) is 17.8. The minimum absolute atomic E-state index is 0.223. The van der Waals surface area contributed by atoms with E-state index in [2.05, 4.69) is 39.6 Å². The number of anilines is 1. The standard InChI is InChI=1S/C20H25N9O/c1-6-30-20-13(8-7-9-21-20)14-10-23-19-16(17(12(2)3)26-28(19)4)18(14)22-11-15-24-27-29(5)25-15/h7-10,12H,6,11H2,1-5H3,(H,22,23). The molecule has 10 heteroatoms. The van der Waals surface area contributed by atoms with E-state index >= 15 is 0 Å². The smallest absolute Gasteiger partial charge is 0.221 e. The minimum atomic E-state index is 0.223. The van der Waals surface area contributed by atoms with Crippen molar-refractivity contribution in [1.29, 1.82) is 0 Å². The topological polar surface area (TPSA) is 108 Å². The Morgan fingerprint density at radius 1 is 1.13 bits per heavy atom. The van der Waals surface area contributed by atoms with E-state index in [1.54, 1.807) is 13.2 Å². The van der Waals surface area contributed by atoms with E-state index in [9.17, 15) is 0 Å². The lowest BCUT2D eigenvalue weighted by molar-refractivity contribution is 0.328. The second-order valence-electron chi connectivity index (χ2n) is 7.25. The number of hydrogen-bond donors (Lipinski definition) is 1. The van der Waals surface area contributed by atoms with E-state index in [-0.39, 0.29) is 5.92 Å². The van der Waals surface area contributed by atoms with Crippen molar-refractivity contribution in [2.45, 2.75) is 33.2 Å². The first-order valence-corrected chi connectivity index (χ1v) is 9.90. The summed E-state index contributed by atoms with van der Waals surface area (Å²) in [5.74, 6) is 1.39. The minimum Gasteiger partial charge on any atom is -0.478 e. The molecular formula is C20H25N9O. The van der Waals surface area contributed by atoms with Gasteiger partial charge in [-0.05, 0) is 30.2 Å². The van der Waals surface area contributed by atoms with Crippen LogP contribution in [0.25, 0.3) is 22.2 Å². The van der Waals surface area contributed by atoms with Crippen LogP contribution < -0.4 is 10.1 Å². The SMILES string of the molecule is CCOc1ncccc1-c1cnc2c(c(C(C)C)nn2C)c1NCc1nnn(C)n1. The number of pyridine rings is 2. The Balaban J connectivity index is 1.92. The van der Waals surface area contributed by atoms with Gasteiger partial charge in [-0.3, -0.25) is 4.68 Å². The Morgan fingerprint density at radius 2 is 1.97 bits per heavy atom. The molecule has 0 aliphatic heterocycles. The van der Waals surface area contributed by atoms with E-state index in [1.807, 2.05) is 37.0 Å². The molecule has 0 atom stereocenters. The largest absolute Gasteiger partial charge is 0.478 e. The molecule has 0 fully saturated rings. The third kappa shape index (κ3) is 3.56. The van der Waals surface area contributed by atoms with Gasteiger partial charge in [-0.25, -0.2) is 9.97 Å². The quantitative estimate of drug-likeness (QED) is 0.498. The molecular weight excluding hydrogens is 382 g/mol. The summed E-state index contributed by atoms with van der Waals surface area (Å²) in [6.45, 7) is 7.12. The number of hydrogen-bond acceptors (Lipinski definition) is 8. The lowest BCUT2D eigenvalue weighted by atomic mass is 10.0. The van der Waals surface area contributed by atoms with Gasteiger partial charge in [0.15, 0.2) is 11.5 Å². The second-order valence-corrected chi connectivity index (χ2v) is 7.25. The average molecular weight is 407 g/mol. The molecule has 0 aromatic carbocycles. The van der Waals surface area contributed by atoms with Crippen LogP contribution in [0.5, 0.6) is 5.88 Å². The molecule has 0 radical (unpaired) electrons. The fraction of sp³-hybridized carbons (Fsp3) is 0.400. The fourth-order valence-corrected chi connectivity index (χ4v) is 3.45. The number of fused-ring (bicyclic) bond motifs is 1. The Bertz CT molecular complexity index is 1180.